The van der Waals surface area contributed by atoms with E-state index >= 15 is 0 Å². The third kappa shape index (κ3) is 4.40. The van der Waals surface area contributed by atoms with E-state index in [-0.39, 0.29) is 36.0 Å². The van der Waals surface area contributed by atoms with Gasteiger partial charge in [-0.05, 0) is 61.1 Å². The molecule has 0 spiro atoms. The van der Waals surface area contributed by atoms with Crippen LogP contribution < -0.4 is 5.32 Å². The minimum absolute atomic E-state index is 0.0427. The topological polar surface area (TPSA) is 66.4 Å². The lowest BCUT2D eigenvalue weighted by Gasteiger charge is -2.16. The maximum absolute atomic E-state index is 12.4. The molecular weight excluding hydrogens is 338 g/mol. The number of halogens is 1. The van der Waals surface area contributed by atoms with Crippen molar-refractivity contribution >= 4 is 29.0 Å². The van der Waals surface area contributed by atoms with Crippen molar-refractivity contribution in [3.63, 3.8) is 0 Å². The first kappa shape index (κ1) is 17.5. The van der Waals surface area contributed by atoms with Gasteiger partial charge in [0.1, 0.15) is 5.75 Å². The molecule has 2 N–H and O–H groups in total. The number of aryl methyl sites for hydroxylation is 2. The Morgan fingerprint density at radius 1 is 1.00 bits per heavy atom. The van der Waals surface area contributed by atoms with Crippen molar-refractivity contribution < 1.29 is 14.7 Å². The molecule has 0 heterocycles. The van der Waals surface area contributed by atoms with Crippen LogP contribution in [0.4, 0.5) is 5.69 Å². The van der Waals surface area contributed by atoms with Gasteiger partial charge in [0.15, 0.2) is 5.78 Å². The Morgan fingerprint density at radius 2 is 1.76 bits per heavy atom. The molecule has 4 nitrogen and oxygen atoms in total. The standard InChI is InChI=1S/C20H20ClNO3/c21-16-7-8-19(24)17(12-16)22-20(25)10-9-18(23)15-6-5-13-3-1-2-4-14(13)11-15/h5-8,11-12,24H,1-4,9-10H2,(H,22,25). The minimum atomic E-state index is -0.330. The molecule has 0 aliphatic heterocycles. The van der Waals surface area contributed by atoms with Crippen LogP contribution in [0.5, 0.6) is 5.75 Å². The Morgan fingerprint density at radius 3 is 2.56 bits per heavy atom. The normalized spacial score (nSPS) is 13.2. The van der Waals surface area contributed by atoms with E-state index in [2.05, 4.69) is 5.32 Å². The van der Waals surface area contributed by atoms with Gasteiger partial charge in [0.2, 0.25) is 5.91 Å². The number of anilines is 1. The van der Waals surface area contributed by atoms with Crippen LogP contribution in [0.1, 0.15) is 47.2 Å². The summed E-state index contributed by atoms with van der Waals surface area (Å²) in [5, 5.41) is 12.7. The maximum atomic E-state index is 12.4. The second kappa shape index (κ2) is 7.70. The smallest absolute Gasteiger partial charge is 0.224 e. The predicted octanol–water partition coefficient (Wildman–Crippen LogP) is 4.53. The number of ketones is 1. The number of phenolic OH excluding ortho intramolecular Hbond substituents is 1. The zero-order chi connectivity index (χ0) is 17.8. The van der Waals surface area contributed by atoms with E-state index in [9.17, 15) is 14.7 Å². The van der Waals surface area contributed by atoms with E-state index in [1.165, 1.54) is 35.7 Å². The molecule has 2 aromatic carbocycles. The third-order valence-electron chi connectivity index (χ3n) is 4.48. The number of hydrogen-bond donors (Lipinski definition) is 2. The minimum Gasteiger partial charge on any atom is -0.506 e. The summed E-state index contributed by atoms with van der Waals surface area (Å²) < 4.78 is 0. The zero-order valence-corrected chi connectivity index (χ0v) is 14.6. The number of fused-ring (bicyclic) bond motifs is 1. The second-order valence-electron chi connectivity index (χ2n) is 6.32. The van der Waals surface area contributed by atoms with Crippen LogP contribution in [0.3, 0.4) is 0 Å². The fourth-order valence-corrected chi connectivity index (χ4v) is 3.27. The van der Waals surface area contributed by atoms with E-state index in [1.807, 2.05) is 18.2 Å². The van der Waals surface area contributed by atoms with Crippen molar-refractivity contribution in [2.24, 2.45) is 0 Å². The van der Waals surface area contributed by atoms with Gasteiger partial charge < -0.3 is 10.4 Å². The van der Waals surface area contributed by atoms with Crippen LogP contribution in [-0.2, 0) is 17.6 Å². The van der Waals surface area contributed by atoms with E-state index < -0.39 is 0 Å². The highest BCUT2D eigenvalue weighted by molar-refractivity contribution is 6.31. The molecular formula is C20H20ClNO3. The largest absolute Gasteiger partial charge is 0.506 e. The summed E-state index contributed by atoms with van der Waals surface area (Å²) in [6.45, 7) is 0. The van der Waals surface area contributed by atoms with Crippen molar-refractivity contribution in [2.45, 2.75) is 38.5 Å². The predicted molar refractivity (Wildman–Crippen MR) is 98.4 cm³/mol. The highest BCUT2D eigenvalue weighted by Gasteiger charge is 2.14. The monoisotopic (exact) mass is 357 g/mol. The van der Waals surface area contributed by atoms with Crippen molar-refractivity contribution in [1.82, 2.24) is 0 Å². The molecule has 0 saturated carbocycles. The molecule has 130 valence electrons. The number of nitrogens with one attached hydrogen (secondary N) is 1. The Kier molecular flexibility index (Phi) is 5.39. The van der Waals surface area contributed by atoms with Crippen LogP contribution in [0, 0.1) is 0 Å². The molecule has 0 saturated heterocycles. The number of carbonyl (C=O) groups excluding carboxylic acids is 2. The SMILES string of the molecule is O=C(CCC(=O)c1ccc2c(c1)CCCC2)Nc1cc(Cl)ccc1O. The van der Waals surface area contributed by atoms with Crippen molar-refractivity contribution in [3.05, 3.63) is 58.1 Å². The van der Waals surface area contributed by atoms with E-state index in [0.29, 0.717) is 10.6 Å². The fraction of sp³-hybridized carbons (Fsp3) is 0.300. The highest BCUT2D eigenvalue weighted by Crippen LogP contribution is 2.27. The van der Waals surface area contributed by atoms with Gasteiger partial charge in [0, 0.05) is 23.4 Å². The summed E-state index contributed by atoms with van der Waals surface area (Å²) in [4.78, 5) is 24.4. The third-order valence-corrected chi connectivity index (χ3v) is 4.72. The summed E-state index contributed by atoms with van der Waals surface area (Å²) >= 11 is 5.85. The molecule has 0 aromatic heterocycles. The molecule has 2 aromatic rings. The van der Waals surface area contributed by atoms with E-state index in [4.69, 9.17) is 11.6 Å². The fourth-order valence-electron chi connectivity index (χ4n) is 3.10. The van der Waals surface area contributed by atoms with E-state index in [0.717, 1.165) is 19.3 Å². The lowest BCUT2D eigenvalue weighted by atomic mass is 9.89. The lowest BCUT2D eigenvalue weighted by molar-refractivity contribution is -0.116. The van der Waals surface area contributed by atoms with Gasteiger partial charge in [-0.2, -0.15) is 0 Å². The second-order valence-corrected chi connectivity index (χ2v) is 6.76. The number of Topliss-reactive ketones (excluding diaryl/α,β-unsaturated/α-hetero) is 1. The Bertz CT molecular complexity index is 817. The lowest BCUT2D eigenvalue weighted by Crippen LogP contribution is -2.14. The van der Waals surface area contributed by atoms with Gasteiger partial charge in [-0.15, -0.1) is 0 Å². The molecule has 0 atom stereocenters. The highest BCUT2D eigenvalue weighted by atomic mass is 35.5. The van der Waals surface area contributed by atoms with Gasteiger partial charge in [-0.1, -0.05) is 23.7 Å². The number of amides is 1. The van der Waals surface area contributed by atoms with Crippen LogP contribution in [0.15, 0.2) is 36.4 Å². The number of rotatable bonds is 5. The van der Waals surface area contributed by atoms with Crippen LogP contribution in [0.25, 0.3) is 0 Å². The van der Waals surface area contributed by atoms with Crippen molar-refractivity contribution in [1.29, 1.82) is 0 Å². The summed E-state index contributed by atoms with van der Waals surface area (Å²) in [7, 11) is 0. The summed E-state index contributed by atoms with van der Waals surface area (Å²) in [5.41, 5.74) is 3.50. The quantitative estimate of drug-likeness (QED) is 0.610. The molecule has 0 fully saturated rings. The number of carbonyl (C=O) groups is 2. The molecule has 0 bridgehead atoms. The molecule has 1 aliphatic carbocycles. The first-order chi connectivity index (χ1) is 12.0. The maximum Gasteiger partial charge on any atom is 0.224 e. The number of benzene rings is 2. The molecule has 3 rings (SSSR count). The molecule has 5 heteroatoms. The first-order valence-electron chi connectivity index (χ1n) is 8.46. The van der Waals surface area contributed by atoms with Crippen LogP contribution >= 0.6 is 11.6 Å². The number of phenols is 1. The number of aromatic hydroxyl groups is 1. The summed E-state index contributed by atoms with van der Waals surface area (Å²) in [6.07, 6.45) is 4.65. The van der Waals surface area contributed by atoms with Gasteiger partial charge in [-0.3, -0.25) is 9.59 Å². The Labute approximate surface area is 151 Å². The van der Waals surface area contributed by atoms with Crippen LogP contribution in [0.2, 0.25) is 5.02 Å². The molecule has 0 unspecified atom stereocenters. The summed E-state index contributed by atoms with van der Waals surface area (Å²) in [6, 6.07) is 10.3. The molecule has 25 heavy (non-hydrogen) atoms. The Balaban J connectivity index is 1.58. The van der Waals surface area contributed by atoms with Crippen molar-refractivity contribution in [2.75, 3.05) is 5.32 Å². The molecule has 0 radical (unpaired) electrons. The Hall–Kier alpha value is -2.33. The van der Waals surface area contributed by atoms with Crippen LogP contribution in [-0.4, -0.2) is 16.8 Å². The first-order valence-corrected chi connectivity index (χ1v) is 8.84. The summed E-state index contributed by atoms with van der Waals surface area (Å²) in [5.74, 6) is -0.429. The zero-order valence-electron chi connectivity index (χ0n) is 13.8. The molecule has 1 aliphatic rings. The average molecular weight is 358 g/mol. The van der Waals surface area contributed by atoms with E-state index in [1.54, 1.807) is 0 Å². The van der Waals surface area contributed by atoms with Gasteiger partial charge in [0.25, 0.3) is 0 Å². The molecule has 1 amide bonds. The van der Waals surface area contributed by atoms with Gasteiger partial charge in [-0.25, -0.2) is 0 Å². The van der Waals surface area contributed by atoms with Crippen molar-refractivity contribution in [3.8, 4) is 5.75 Å². The number of hydrogen-bond acceptors (Lipinski definition) is 3. The average Bonchev–Trinajstić information content (AvgIpc) is 2.62. The van der Waals surface area contributed by atoms with Gasteiger partial charge in [0.05, 0.1) is 5.69 Å². The van der Waals surface area contributed by atoms with Gasteiger partial charge >= 0.3 is 0 Å².